The number of hydrogen-bond donors (Lipinski definition) is 1. The van der Waals surface area contributed by atoms with Crippen molar-refractivity contribution in [3.8, 4) is 6.07 Å². The van der Waals surface area contributed by atoms with Gasteiger partial charge >= 0.3 is 17.9 Å². The smallest absolute Gasteiger partial charge is 0.373 e. The summed E-state index contributed by atoms with van der Waals surface area (Å²) < 4.78 is 23.6. The molecule has 0 spiro atoms. The Morgan fingerprint density at radius 3 is 2.66 bits per heavy atom. The van der Waals surface area contributed by atoms with Crippen molar-refractivity contribution in [3.05, 3.63) is 40.2 Å². The second-order valence-electron chi connectivity index (χ2n) is 8.12. The van der Waals surface area contributed by atoms with Crippen LogP contribution in [0.3, 0.4) is 0 Å². The molecule has 3 rings (SSSR count). The standard InChI is InChI=1S/C23H25BrN4O7/c1-12(29)33-8-7-20(34-13(2)30)23(3)21(26)17(10-19(35-23)22(31)32-4)28-18(11-25)15-9-14(24)5-6-16(15)27-28/h5-6,9-10,17,20-21H,7-8,26H2,1-4H3/t17-,20+,21+,23-/m0/s1. The van der Waals surface area contributed by atoms with Gasteiger partial charge in [0.2, 0.25) is 5.76 Å². The number of rotatable bonds is 7. The van der Waals surface area contributed by atoms with E-state index in [1.807, 2.05) is 0 Å². The van der Waals surface area contributed by atoms with E-state index in [0.717, 1.165) is 4.47 Å². The number of halogens is 1. The van der Waals surface area contributed by atoms with Gasteiger partial charge in [-0.2, -0.15) is 10.4 Å². The van der Waals surface area contributed by atoms with Crippen LogP contribution in [0.25, 0.3) is 10.9 Å². The van der Waals surface area contributed by atoms with Gasteiger partial charge in [0.1, 0.15) is 17.9 Å². The second-order valence-corrected chi connectivity index (χ2v) is 9.03. The molecule has 35 heavy (non-hydrogen) atoms. The second kappa shape index (κ2) is 10.5. The van der Waals surface area contributed by atoms with Crippen molar-refractivity contribution in [1.82, 2.24) is 9.78 Å². The van der Waals surface area contributed by atoms with Crippen molar-refractivity contribution in [2.45, 2.75) is 51.0 Å². The topological polar surface area (TPSA) is 156 Å². The SMILES string of the molecule is COC(=O)C1=C[C@H](n2nc3ccc(Br)cc3c2C#N)[C@@H](N)[C@](C)([C@@H](CCOC(C)=O)OC(C)=O)O1. The highest BCUT2D eigenvalue weighted by molar-refractivity contribution is 9.10. The predicted octanol–water partition coefficient (Wildman–Crippen LogP) is 2.27. The summed E-state index contributed by atoms with van der Waals surface area (Å²) in [6.45, 7) is 3.97. The van der Waals surface area contributed by atoms with Gasteiger partial charge in [0, 0.05) is 30.1 Å². The van der Waals surface area contributed by atoms with Crippen molar-refractivity contribution in [2.75, 3.05) is 13.7 Å². The Balaban J connectivity index is 2.14. The average molecular weight is 549 g/mol. The Morgan fingerprint density at radius 1 is 1.34 bits per heavy atom. The van der Waals surface area contributed by atoms with E-state index in [4.69, 9.17) is 24.7 Å². The molecule has 0 amide bonds. The third-order valence-corrected chi connectivity index (χ3v) is 6.24. The lowest BCUT2D eigenvalue weighted by Gasteiger charge is -2.46. The minimum Gasteiger partial charge on any atom is -0.475 e. The lowest BCUT2D eigenvalue weighted by molar-refractivity contribution is -0.178. The maximum Gasteiger partial charge on any atom is 0.373 e. The van der Waals surface area contributed by atoms with E-state index >= 15 is 0 Å². The third-order valence-electron chi connectivity index (χ3n) is 5.75. The molecule has 2 heterocycles. The first-order valence-electron chi connectivity index (χ1n) is 10.6. The molecular weight excluding hydrogens is 524 g/mol. The molecular formula is C23H25BrN4O7. The summed E-state index contributed by atoms with van der Waals surface area (Å²) in [5.74, 6) is -2.09. The monoisotopic (exact) mass is 548 g/mol. The van der Waals surface area contributed by atoms with Gasteiger partial charge in [-0.1, -0.05) is 15.9 Å². The van der Waals surface area contributed by atoms with E-state index in [1.165, 1.54) is 31.7 Å². The number of nitrogens with two attached hydrogens (primary N) is 1. The van der Waals surface area contributed by atoms with Gasteiger partial charge in [-0.25, -0.2) is 9.48 Å². The lowest BCUT2D eigenvalue weighted by atomic mass is 9.82. The minimum absolute atomic E-state index is 0.0453. The van der Waals surface area contributed by atoms with Crippen LogP contribution < -0.4 is 5.73 Å². The number of aromatic nitrogens is 2. The molecule has 11 nitrogen and oxygen atoms in total. The molecule has 1 aliphatic heterocycles. The maximum absolute atomic E-state index is 12.5. The van der Waals surface area contributed by atoms with Crippen LogP contribution >= 0.6 is 15.9 Å². The molecule has 0 aliphatic carbocycles. The quantitative estimate of drug-likeness (QED) is 0.402. The van der Waals surface area contributed by atoms with Gasteiger partial charge in [-0.15, -0.1) is 0 Å². The highest BCUT2D eigenvalue weighted by Crippen LogP contribution is 2.39. The van der Waals surface area contributed by atoms with Crippen molar-refractivity contribution >= 4 is 44.7 Å². The third kappa shape index (κ3) is 5.31. The van der Waals surface area contributed by atoms with Gasteiger partial charge in [-0.3, -0.25) is 9.59 Å². The zero-order valence-electron chi connectivity index (χ0n) is 19.6. The first-order valence-corrected chi connectivity index (χ1v) is 11.4. The Kier molecular flexibility index (Phi) is 7.82. The number of hydrogen-bond acceptors (Lipinski definition) is 10. The van der Waals surface area contributed by atoms with E-state index < -0.39 is 41.7 Å². The first kappa shape index (κ1) is 26.2. The van der Waals surface area contributed by atoms with Crippen LogP contribution in [0.2, 0.25) is 0 Å². The minimum atomic E-state index is -1.49. The van der Waals surface area contributed by atoms with Crippen LogP contribution in [-0.4, -0.2) is 59.2 Å². The largest absolute Gasteiger partial charge is 0.475 e. The average Bonchev–Trinajstić information content (AvgIpc) is 3.16. The molecule has 0 bridgehead atoms. The molecule has 2 N–H and O–H groups in total. The molecule has 0 fully saturated rings. The van der Waals surface area contributed by atoms with Crippen molar-refractivity contribution in [1.29, 1.82) is 5.26 Å². The van der Waals surface area contributed by atoms with Crippen LogP contribution in [0.5, 0.6) is 0 Å². The number of nitrogens with zero attached hydrogens (tertiary/aromatic N) is 3. The number of carbonyl (C=O) groups is 3. The molecule has 4 atom stereocenters. The fourth-order valence-electron chi connectivity index (χ4n) is 4.02. The molecule has 12 heteroatoms. The molecule has 0 unspecified atom stereocenters. The Labute approximate surface area is 209 Å². The summed E-state index contributed by atoms with van der Waals surface area (Å²) in [6.07, 6.45) is 0.454. The van der Waals surface area contributed by atoms with Gasteiger partial charge in [0.05, 0.1) is 31.3 Å². The molecule has 0 saturated heterocycles. The van der Waals surface area contributed by atoms with Crippen LogP contribution in [0.1, 0.15) is 38.9 Å². The summed E-state index contributed by atoms with van der Waals surface area (Å²) in [5.41, 5.74) is 5.95. The van der Waals surface area contributed by atoms with Gasteiger partial charge in [0.25, 0.3) is 0 Å². The fourth-order valence-corrected chi connectivity index (χ4v) is 4.39. The van der Waals surface area contributed by atoms with E-state index in [9.17, 15) is 19.6 Å². The molecule has 0 saturated carbocycles. The molecule has 1 aromatic carbocycles. The Bertz CT molecular complexity index is 1230. The summed E-state index contributed by atoms with van der Waals surface area (Å²) in [6, 6.07) is 5.63. The summed E-state index contributed by atoms with van der Waals surface area (Å²) in [5, 5.41) is 15.1. The Morgan fingerprint density at radius 2 is 2.06 bits per heavy atom. The van der Waals surface area contributed by atoms with Gasteiger partial charge in [0.15, 0.2) is 5.60 Å². The van der Waals surface area contributed by atoms with Crippen molar-refractivity contribution in [3.63, 3.8) is 0 Å². The van der Waals surface area contributed by atoms with Crippen LogP contribution in [0.4, 0.5) is 0 Å². The van der Waals surface area contributed by atoms with Gasteiger partial charge < -0.3 is 24.7 Å². The molecule has 186 valence electrons. The number of esters is 3. The number of methoxy groups -OCH3 is 1. The first-order chi connectivity index (χ1) is 16.5. The maximum atomic E-state index is 12.5. The number of nitriles is 1. The zero-order chi connectivity index (χ0) is 25.9. The molecule has 1 aromatic heterocycles. The highest BCUT2D eigenvalue weighted by atomic mass is 79.9. The van der Waals surface area contributed by atoms with E-state index in [1.54, 1.807) is 25.1 Å². The van der Waals surface area contributed by atoms with Crippen LogP contribution in [0.15, 0.2) is 34.5 Å². The number of ether oxygens (including phenoxy) is 4. The number of benzene rings is 1. The molecule has 1 aliphatic rings. The molecule has 0 radical (unpaired) electrons. The van der Waals surface area contributed by atoms with E-state index in [0.29, 0.717) is 10.9 Å². The molecule has 2 aromatic rings. The summed E-state index contributed by atoms with van der Waals surface area (Å²) in [7, 11) is 1.19. The Hall–Kier alpha value is -3.43. The fraction of sp³-hybridized carbons (Fsp3) is 0.435. The lowest BCUT2D eigenvalue weighted by Crippen LogP contribution is -2.62. The van der Waals surface area contributed by atoms with Crippen molar-refractivity contribution < 1.29 is 33.3 Å². The normalized spacial score (nSPS) is 22.4. The van der Waals surface area contributed by atoms with Gasteiger partial charge in [-0.05, 0) is 31.2 Å². The summed E-state index contributed by atoms with van der Waals surface area (Å²) >= 11 is 3.40. The van der Waals surface area contributed by atoms with E-state index in [-0.39, 0.29) is 24.5 Å². The predicted molar refractivity (Wildman–Crippen MR) is 126 cm³/mol. The zero-order valence-corrected chi connectivity index (χ0v) is 21.2. The van der Waals surface area contributed by atoms with Crippen LogP contribution in [0, 0.1) is 11.3 Å². The van der Waals surface area contributed by atoms with Crippen molar-refractivity contribution in [2.24, 2.45) is 5.73 Å². The highest BCUT2D eigenvalue weighted by Gasteiger charge is 2.52. The number of fused-ring (bicyclic) bond motifs is 1. The van der Waals surface area contributed by atoms with E-state index in [2.05, 4.69) is 27.1 Å². The summed E-state index contributed by atoms with van der Waals surface area (Å²) in [4.78, 5) is 35.7. The van der Waals surface area contributed by atoms with Crippen LogP contribution in [-0.2, 0) is 33.3 Å². The number of carbonyl (C=O) groups excluding carboxylic acids is 3.